The summed E-state index contributed by atoms with van der Waals surface area (Å²) in [7, 11) is 0. The monoisotopic (exact) mass is 954 g/mol. The molecule has 2 heterocycles. The van der Waals surface area contributed by atoms with E-state index in [0.717, 1.165) is 33.4 Å². The van der Waals surface area contributed by atoms with Gasteiger partial charge in [0.05, 0.1) is 5.41 Å². The highest BCUT2D eigenvalue weighted by Gasteiger charge is 2.51. The summed E-state index contributed by atoms with van der Waals surface area (Å²) in [5, 5.41) is 0. The summed E-state index contributed by atoms with van der Waals surface area (Å²) in [4.78, 5) is 31.3. The van der Waals surface area contributed by atoms with Gasteiger partial charge in [0.2, 0.25) is 0 Å². The van der Waals surface area contributed by atoms with Gasteiger partial charge in [-0.25, -0.2) is 29.9 Å². The van der Waals surface area contributed by atoms with Crippen LogP contribution in [0.2, 0.25) is 0 Å². The highest BCUT2D eigenvalue weighted by molar-refractivity contribution is 5.96. The van der Waals surface area contributed by atoms with Gasteiger partial charge in [-0.05, 0) is 96.1 Å². The van der Waals surface area contributed by atoms with Gasteiger partial charge in [-0.3, -0.25) is 0 Å². The van der Waals surface area contributed by atoms with Gasteiger partial charge in [0.25, 0.3) is 0 Å². The topological polar surface area (TPSA) is 77.3 Å². The summed E-state index contributed by atoms with van der Waals surface area (Å²) >= 11 is 0. The van der Waals surface area contributed by atoms with Crippen molar-refractivity contribution >= 4 is 0 Å². The highest BCUT2D eigenvalue weighted by atomic mass is 15.0. The lowest BCUT2D eigenvalue weighted by Crippen LogP contribution is -2.27. The Hall–Kier alpha value is -9.78. The molecule has 2 unspecified atom stereocenters. The molecule has 0 N–H and O–H groups in total. The molecule has 6 heteroatoms. The fraction of sp³-hybridized carbons (Fsp3) is 0.0435. The Balaban J connectivity index is 0.837. The fourth-order valence-electron chi connectivity index (χ4n) is 13.0. The van der Waals surface area contributed by atoms with Crippen LogP contribution in [-0.4, -0.2) is 29.9 Å². The normalized spacial score (nSPS) is 15.3. The maximum Gasteiger partial charge on any atom is 0.164 e. The average Bonchev–Trinajstić information content (AvgIpc) is 4.15. The summed E-state index contributed by atoms with van der Waals surface area (Å²) in [5.41, 5.74) is 23.2. The van der Waals surface area contributed by atoms with E-state index in [2.05, 4.69) is 188 Å². The Labute approximate surface area is 433 Å². The molecule has 0 radical (unpaired) electrons. The Morgan fingerprint density at radius 1 is 0.213 bits per heavy atom. The van der Waals surface area contributed by atoms with Crippen LogP contribution in [-0.2, 0) is 5.41 Å². The number of benzene rings is 10. The Morgan fingerprint density at radius 2 is 0.507 bits per heavy atom. The quantitative estimate of drug-likeness (QED) is 0.165. The molecule has 348 valence electrons. The van der Waals surface area contributed by atoms with Crippen LogP contribution in [0.1, 0.15) is 67.5 Å². The molecule has 0 amide bonds. The van der Waals surface area contributed by atoms with Crippen molar-refractivity contribution in [2.75, 3.05) is 0 Å². The lowest BCUT2D eigenvalue weighted by molar-refractivity contribution is 0.754. The van der Waals surface area contributed by atoms with E-state index in [1.54, 1.807) is 0 Å². The number of fused-ring (bicyclic) bond motifs is 10. The van der Waals surface area contributed by atoms with Crippen molar-refractivity contribution in [3.63, 3.8) is 0 Å². The van der Waals surface area contributed by atoms with Gasteiger partial charge in [0.15, 0.2) is 34.9 Å². The van der Waals surface area contributed by atoms with Gasteiger partial charge >= 0.3 is 0 Å². The van der Waals surface area contributed by atoms with Crippen LogP contribution in [0.3, 0.4) is 0 Å². The van der Waals surface area contributed by atoms with Gasteiger partial charge < -0.3 is 0 Å². The van der Waals surface area contributed by atoms with Crippen LogP contribution < -0.4 is 0 Å². The van der Waals surface area contributed by atoms with Crippen molar-refractivity contribution in [1.82, 2.24) is 29.9 Å². The van der Waals surface area contributed by atoms with E-state index < -0.39 is 5.41 Å². The number of nitrogens with zero attached hydrogens (tertiary/aromatic N) is 6. The molecule has 0 saturated carbocycles. The lowest BCUT2D eigenvalue weighted by atomic mass is 9.61. The minimum absolute atomic E-state index is 0.00455. The first-order valence-electron chi connectivity index (χ1n) is 25.7. The number of aromatic nitrogens is 6. The minimum Gasteiger partial charge on any atom is -0.208 e. The summed E-state index contributed by atoms with van der Waals surface area (Å²) in [6.45, 7) is 0. The SMILES string of the molecule is c1ccc(-c2nc(-c3ccccc3)nc(-c3ccc4c(c3)C3c5ccccc5C4c4cc(-c5nc(-c6ccccc6)nc(-c6ccc7c(c6)C6(c8ccccc8-c8ccccc86)c6ccccc6-7)n5)ccc43)n2)cc1. The molecule has 2 atom stereocenters. The molecule has 17 rings (SSSR count). The second-order valence-corrected chi connectivity index (χ2v) is 20.0. The maximum absolute atomic E-state index is 5.44. The van der Waals surface area contributed by atoms with Crippen LogP contribution in [0.5, 0.6) is 0 Å². The van der Waals surface area contributed by atoms with E-state index in [1.165, 1.54) is 77.9 Å². The van der Waals surface area contributed by atoms with Gasteiger partial charge in [0.1, 0.15) is 0 Å². The maximum atomic E-state index is 5.44. The lowest BCUT2D eigenvalue weighted by Gasteiger charge is -2.42. The van der Waals surface area contributed by atoms with Gasteiger partial charge in [0, 0.05) is 45.2 Å². The third-order valence-electron chi connectivity index (χ3n) is 16.2. The third kappa shape index (κ3) is 6.14. The molecule has 5 aliphatic carbocycles. The van der Waals surface area contributed by atoms with Crippen molar-refractivity contribution in [3.05, 3.63) is 298 Å². The highest BCUT2D eigenvalue weighted by Crippen LogP contribution is 2.63. The van der Waals surface area contributed by atoms with Crippen LogP contribution in [0.15, 0.2) is 243 Å². The van der Waals surface area contributed by atoms with Gasteiger partial charge in [-0.1, -0.05) is 224 Å². The van der Waals surface area contributed by atoms with E-state index in [9.17, 15) is 0 Å². The average molecular weight is 955 g/mol. The van der Waals surface area contributed by atoms with E-state index in [1.807, 2.05) is 54.6 Å². The molecule has 75 heavy (non-hydrogen) atoms. The molecule has 0 saturated heterocycles. The molecule has 10 aromatic carbocycles. The number of hydrogen-bond acceptors (Lipinski definition) is 6. The van der Waals surface area contributed by atoms with Crippen LogP contribution in [0.4, 0.5) is 0 Å². The zero-order valence-electron chi connectivity index (χ0n) is 40.4. The Kier molecular flexibility index (Phi) is 8.98. The summed E-state index contributed by atoms with van der Waals surface area (Å²) in [6, 6.07) is 86.9. The van der Waals surface area contributed by atoms with Crippen LogP contribution >= 0.6 is 0 Å². The standard InChI is InChI=1S/C69H42N6/c1-4-18-41(19-5-1)63-70-64(42-20-6-2-7-21-42)72-66(71-63)44-33-36-53-55(38-44)61-51-27-10-11-28-52(51)62(53)56-39-45(34-37-54(56)61)67-73-65(43-22-8-3-9-23-43)74-68(75-67)46-32-35-50-49-26-14-17-31-59(49)69(60(50)40-46)57-29-15-12-24-47(57)48-25-13-16-30-58(48)69/h1-40,61-62H. The molecule has 2 bridgehead atoms. The van der Waals surface area contributed by atoms with E-state index in [0.29, 0.717) is 34.9 Å². The van der Waals surface area contributed by atoms with Gasteiger partial charge in [-0.2, -0.15) is 0 Å². The fourth-order valence-corrected chi connectivity index (χ4v) is 13.0. The molecule has 0 fully saturated rings. The second kappa shape index (κ2) is 16.1. The molecule has 0 aliphatic heterocycles. The molecule has 5 aliphatic rings. The summed E-state index contributed by atoms with van der Waals surface area (Å²) in [6.07, 6.45) is 0. The number of rotatable bonds is 6. The molecular formula is C69H42N6. The van der Waals surface area contributed by atoms with Crippen molar-refractivity contribution in [1.29, 1.82) is 0 Å². The third-order valence-corrected chi connectivity index (χ3v) is 16.2. The predicted octanol–water partition coefficient (Wildman–Crippen LogP) is 15.4. The largest absolute Gasteiger partial charge is 0.208 e. The molecular weight excluding hydrogens is 913 g/mol. The van der Waals surface area contributed by atoms with Crippen LogP contribution in [0, 0.1) is 0 Å². The zero-order chi connectivity index (χ0) is 49.2. The first-order chi connectivity index (χ1) is 37.2. The van der Waals surface area contributed by atoms with Crippen LogP contribution in [0.25, 0.3) is 90.6 Å². The molecule has 1 spiro atoms. The minimum atomic E-state index is -0.486. The molecule has 6 nitrogen and oxygen atoms in total. The van der Waals surface area contributed by atoms with Crippen molar-refractivity contribution in [2.24, 2.45) is 0 Å². The molecule has 2 aromatic heterocycles. The van der Waals surface area contributed by atoms with Crippen molar-refractivity contribution in [3.8, 4) is 90.6 Å². The van der Waals surface area contributed by atoms with Gasteiger partial charge in [-0.15, -0.1) is 0 Å². The second-order valence-electron chi connectivity index (χ2n) is 20.0. The zero-order valence-corrected chi connectivity index (χ0v) is 40.4. The summed E-state index contributed by atoms with van der Waals surface area (Å²) < 4.78 is 0. The van der Waals surface area contributed by atoms with E-state index in [-0.39, 0.29) is 11.8 Å². The first kappa shape index (κ1) is 41.8. The van der Waals surface area contributed by atoms with E-state index >= 15 is 0 Å². The Bertz CT molecular complexity index is 4200. The van der Waals surface area contributed by atoms with E-state index in [4.69, 9.17) is 29.9 Å². The first-order valence-corrected chi connectivity index (χ1v) is 25.7. The summed E-state index contributed by atoms with van der Waals surface area (Å²) in [5.74, 6) is 3.87. The van der Waals surface area contributed by atoms with Crippen molar-refractivity contribution in [2.45, 2.75) is 17.3 Å². The predicted molar refractivity (Wildman–Crippen MR) is 297 cm³/mol. The Morgan fingerprint density at radius 3 is 0.907 bits per heavy atom. The van der Waals surface area contributed by atoms with Crippen molar-refractivity contribution < 1.29 is 0 Å². The molecule has 12 aromatic rings. The number of hydrogen-bond donors (Lipinski definition) is 0. The smallest absolute Gasteiger partial charge is 0.164 e.